The van der Waals surface area contributed by atoms with Crippen molar-refractivity contribution < 1.29 is 4.74 Å². The minimum Gasteiger partial charge on any atom is -0.399 e. The molecule has 1 aliphatic heterocycles. The molecule has 0 aliphatic carbocycles. The van der Waals surface area contributed by atoms with Gasteiger partial charge in [0.2, 0.25) is 0 Å². The van der Waals surface area contributed by atoms with Crippen molar-refractivity contribution in [1.29, 1.82) is 0 Å². The van der Waals surface area contributed by atoms with E-state index in [0.717, 1.165) is 48.8 Å². The Bertz CT molecular complexity index is 548. The van der Waals surface area contributed by atoms with Crippen LogP contribution in [0.25, 0.3) is 11.4 Å². The topological polar surface area (TPSA) is 61.0 Å². The normalized spacial score (nSPS) is 16.4. The van der Waals surface area contributed by atoms with E-state index in [0.29, 0.717) is 5.92 Å². The SMILES string of the molecule is Nc1ccc(-c2nccc(C3CCOCC3)n2)cc1. The number of ether oxygens (including phenoxy) is 1. The molecule has 0 bridgehead atoms. The first-order valence-electron chi connectivity index (χ1n) is 6.59. The van der Waals surface area contributed by atoms with Crippen molar-refractivity contribution in [3.05, 3.63) is 42.2 Å². The van der Waals surface area contributed by atoms with Crippen LogP contribution in [0.15, 0.2) is 36.5 Å². The molecule has 0 amide bonds. The quantitative estimate of drug-likeness (QED) is 0.838. The Hall–Kier alpha value is -1.94. The molecule has 4 nitrogen and oxygen atoms in total. The molecular weight excluding hydrogens is 238 g/mol. The zero-order chi connectivity index (χ0) is 13.1. The number of benzene rings is 1. The van der Waals surface area contributed by atoms with Crippen molar-refractivity contribution in [2.75, 3.05) is 18.9 Å². The fraction of sp³-hybridized carbons (Fsp3) is 0.333. The summed E-state index contributed by atoms with van der Waals surface area (Å²) in [5.41, 5.74) is 8.57. The highest BCUT2D eigenvalue weighted by molar-refractivity contribution is 5.58. The molecule has 4 heteroatoms. The van der Waals surface area contributed by atoms with Crippen molar-refractivity contribution in [2.24, 2.45) is 0 Å². The maximum atomic E-state index is 5.70. The minimum atomic E-state index is 0.490. The highest BCUT2D eigenvalue weighted by Crippen LogP contribution is 2.26. The first kappa shape index (κ1) is 12.1. The van der Waals surface area contributed by atoms with Crippen molar-refractivity contribution in [2.45, 2.75) is 18.8 Å². The van der Waals surface area contributed by atoms with Crippen LogP contribution >= 0.6 is 0 Å². The maximum absolute atomic E-state index is 5.70. The van der Waals surface area contributed by atoms with Crippen LogP contribution in [0.3, 0.4) is 0 Å². The zero-order valence-corrected chi connectivity index (χ0v) is 10.7. The Morgan fingerprint density at radius 1 is 1.05 bits per heavy atom. The molecule has 0 spiro atoms. The molecule has 2 heterocycles. The van der Waals surface area contributed by atoms with Gasteiger partial charge in [0.1, 0.15) is 0 Å². The highest BCUT2D eigenvalue weighted by atomic mass is 16.5. The number of anilines is 1. The second-order valence-corrected chi connectivity index (χ2v) is 4.81. The number of aromatic nitrogens is 2. The molecule has 1 fully saturated rings. The molecule has 19 heavy (non-hydrogen) atoms. The van der Waals surface area contributed by atoms with Crippen molar-refractivity contribution in [3.63, 3.8) is 0 Å². The molecule has 1 aliphatic rings. The maximum Gasteiger partial charge on any atom is 0.159 e. The van der Waals surface area contributed by atoms with Gasteiger partial charge in [-0.3, -0.25) is 0 Å². The number of rotatable bonds is 2. The van der Waals surface area contributed by atoms with E-state index in [4.69, 9.17) is 10.5 Å². The molecule has 0 saturated carbocycles. The summed E-state index contributed by atoms with van der Waals surface area (Å²) in [4.78, 5) is 9.04. The minimum absolute atomic E-state index is 0.490. The predicted octanol–water partition coefficient (Wildman–Crippen LogP) is 2.62. The van der Waals surface area contributed by atoms with Gasteiger partial charge < -0.3 is 10.5 Å². The molecule has 1 aromatic carbocycles. The lowest BCUT2D eigenvalue weighted by atomic mass is 9.96. The lowest BCUT2D eigenvalue weighted by Gasteiger charge is -2.21. The summed E-state index contributed by atoms with van der Waals surface area (Å²) in [5, 5.41) is 0. The van der Waals surface area contributed by atoms with Crippen LogP contribution in [0.5, 0.6) is 0 Å². The van der Waals surface area contributed by atoms with Crippen LogP contribution in [-0.4, -0.2) is 23.2 Å². The van der Waals surface area contributed by atoms with E-state index < -0.39 is 0 Å². The molecule has 0 atom stereocenters. The Morgan fingerprint density at radius 3 is 2.53 bits per heavy atom. The summed E-state index contributed by atoms with van der Waals surface area (Å²) in [6.45, 7) is 1.65. The number of hydrogen-bond donors (Lipinski definition) is 1. The molecular formula is C15H17N3O. The van der Waals surface area contributed by atoms with E-state index in [1.54, 1.807) is 0 Å². The van der Waals surface area contributed by atoms with Crippen LogP contribution in [0, 0.1) is 0 Å². The summed E-state index contributed by atoms with van der Waals surface area (Å²) in [6, 6.07) is 9.67. The summed E-state index contributed by atoms with van der Waals surface area (Å²) in [7, 11) is 0. The molecule has 2 aromatic rings. The van der Waals surface area contributed by atoms with Gasteiger partial charge in [-0.2, -0.15) is 0 Å². The van der Waals surface area contributed by atoms with Gasteiger partial charge in [0.25, 0.3) is 0 Å². The largest absolute Gasteiger partial charge is 0.399 e. The summed E-state index contributed by atoms with van der Waals surface area (Å²) in [5.74, 6) is 1.26. The van der Waals surface area contributed by atoms with Gasteiger partial charge in [0.15, 0.2) is 5.82 Å². The molecule has 0 radical (unpaired) electrons. The number of hydrogen-bond acceptors (Lipinski definition) is 4. The summed E-state index contributed by atoms with van der Waals surface area (Å²) >= 11 is 0. The first-order chi connectivity index (χ1) is 9.33. The second kappa shape index (κ2) is 5.36. The molecule has 3 rings (SSSR count). The van der Waals surface area contributed by atoms with Gasteiger partial charge >= 0.3 is 0 Å². The lowest BCUT2D eigenvalue weighted by Crippen LogP contribution is -2.15. The van der Waals surface area contributed by atoms with Gasteiger partial charge in [0.05, 0.1) is 0 Å². The fourth-order valence-corrected chi connectivity index (χ4v) is 2.36. The zero-order valence-electron chi connectivity index (χ0n) is 10.7. The van der Waals surface area contributed by atoms with E-state index in [-0.39, 0.29) is 0 Å². The van der Waals surface area contributed by atoms with Crippen LogP contribution in [0.2, 0.25) is 0 Å². The standard InChI is InChI=1S/C15H17N3O/c16-13-3-1-12(2-4-13)15-17-8-5-14(18-15)11-6-9-19-10-7-11/h1-5,8,11H,6-7,9-10,16H2. The molecule has 1 saturated heterocycles. The smallest absolute Gasteiger partial charge is 0.159 e. The van der Waals surface area contributed by atoms with Crippen LogP contribution in [-0.2, 0) is 4.74 Å². The van der Waals surface area contributed by atoms with Crippen molar-refractivity contribution in [3.8, 4) is 11.4 Å². The van der Waals surface area contributed by atoms with Crippen LogP contribution < -0.4 is 5.73 Å². The van der Waals surface area contributed by atoms with E-state index in [2.05, 4.69) is 9.97 Å². The van der Waals surface area contributed by atoms with E-state index in [1.165, 1.54) is 0 Å². The average Bonchev–Trinajstić information content (AvgIpc) is 2.49. The molecule has 98 valence electrons. The highest BCUT2D eigenvalue weighted by Gasteiger charge is 2.17. The second-order valence-electron chi connectivity index (χ2n) is 4.81. The van der Waals surface area contributed by atoms with Gasteiger partial charge in [-0.05, 0) is 43.2 Å². The number of nitrogens with two attached hydrogens (primary N) is 1. The third-order valence-electron chi connectivity index (χ3n) is 3.49. The Kier molecular flexibility index (Phi) is 3.42. The molecule has 2 N–H and O–H groups in total. The van der Waals surface area contributed by atoms with Gasteiger partial charge in [-0.25, -0.2) is 9.97 Å². The lowest BCUT2D eigenvalue weighted by molar-refractivity contribution is 0.0845. The Balaban J connectivity index is 1.88. The number of nitrogen functional groups attached to an aromatic ring is 1. The predicted molar refractivity (Wildman–Crippen MR) is 74.7 cm³/mol. The van der Waals surface area contributed by atoms with Crippen LogP contribution in [0.1, 0.15) is 24.5 Å². The summed E-state index contributed by atoms with van der Waals surface area (Å²) < 4.78 is 5.39. The molecule has 0 unspecified atom stereocenters. The van der Waals surface area contributed by atoms with E-state index in [9.17, 15) is 0 Å². The van der Waals surface area contributed by atoms with Crippen molar-refractivity contribution in [1.82, 2.24) is 9.97 Å². The third kappa shape index (κ3) is 2.74. The Labute approximate surface area is 112 Å². The van der Waals surface area contributed by atoms with Crippen molar-refractivity contribution >= 4 is 5.69 Å². The Morgan fingerprint density at radius 2 is 1.79 bits per heavy atom. The number of nitrogens with zero attached hydrogens (tertiary/aromatic N) is 2. The van der Waals surface area contributed by atoms with Gasteiger partial charge in [-0.15, -0.1) is 0 Å². The average molecular weight is 255 g/mol. The molecule has 1 aromatic heterocycles. The van der Waals surface area contributed by atoms with Gasteiger partial charge in [-0.1, -0.05) is 0 Å². The van der Waals surface area contributed by atoms with E-state index in [1.807, 2.05) is 36.5 Å². The van der Waals surface area contributed by atoms with E-state index >= 15 is 0 Å². The summed E-state index contributed by atoms with van der Waals surface area (Å²) in [6.07, 6.45) is 3.92. The van der Waals surface area contributed by atoms with Crippen LogP contribution in [0.4, 0.5) is 5.69 Å². The first-order valence-corrected chi connectivity index (χ1v) is 6.59. The fourth-order valence-electron chi connectivity index (χ4n) is 2.36. The van der Waals surface area contributed by atoms with Gasteiger partial charge in [0, 0.05) is 42.3 Å². The third-order valence-corrected chi connectivity index (χ3v) is 3.49. The monoisotopic (exact) mass is 255 g/mol.